The van der Waals surface area contributed by atoms with Crippen molar-refractivity contribution in [2.24, 2.45) is 5.92 Å². The van der Waals surface area contributed by atoms with Crippen LogP contribution in [0.5, 0.6) is 0 Å². The minimum Gasteiger partial charge on any atom is -0.348 e. The van der Waals surface area contributed by atoms with Crippen molar-refractivity contribution < 1.29 is 18.8 Å². The Hall–Kier alpha value is -4.00. The summed E-state index contributed by atoms with van der Waals surface area (Å²) in [6.07, 6.45) is 0.110. The molecule has 1 atom stereocenters. The standard InChI is InChI=1S/C26H24FN3O3/c1-17-6-12-21(13-7-17)30-16-19(14-24(30)31)25(32)29-23-5-3-2-4-22(23)26(33)28-15-18-8-10-20(27)11-9-18/h2-13,19H,14-16H2,1H3,(H,28,33)(H,29,32)/t19-/m1/s1. The van der Waals surface area contributed by atoms with Crippen molar-refractivity contribution in [3.05, 3.63) is 95.3 Å². The van der Waals surface area contributed by atoms with Crippen LogP contribution in [0.25, 0.3) is 0 Å². The number of hydrogen-bond donors (Lipinski definition) is 2. The molecule has 0 radical (unpaired) electrons. The van der Waals surface area contributed by atoms with Gasteiger partial charge in [-0.25, -0.2) is 4.39 Å². The van der Waals surface area contributed by atoms with Crippen LogP contribution in [0.1, 0.15) is 27.9 Å². The molecule has 4 rings (SSSR count). The molecule has 0 aromatic heterocycles. The largest absolute Gasteiger partial charge is 0.348 e. The van der Waals surface area contributed by atoms with Crippen molar-refractivity contribution in [3.63, 3.8) is 0 Å². The first-order valence-corrected chi connectivity index (χ1v) is 10.7. The highest BCUT2D eigenvalue weighted by Crippen LogP contribution is 2.27. The maximum Gasteiger partial charge on any atom is 0.253 e. The van der Waals surface area contributed by atoms with Gasteiger partial charge < -0.3 is 15.5 Å². The van der Waals surface area contributed by atoms with Crippen molar-refractivity contribution >= 4 is 29.1 Å². The minimum absolute atomic E-state index is 0.107. The van der Waals surface area contributed by atoms with E-state index in [1.165, 1.54) is 12.1 Å². The van der Waals surface area contributed by atoms with Crippen LogP contribution in [0.4, 0.5) is 15.8 Å². The molecule has 1 heterocycles. The Bertz CT molecular complexity index is 1180. The predicted molar refractivity (Wildman–Crippen MR) is 124 cm³/mol. The fourth-order valence-electron chi connectivity index (χ4n) is 3.76. The Morgan fingerprint density at radius 2 is 1.70 bits per heavy atom. The molecule has 0 unspecified atom stereocenters. The number of hydrogen-bond acceptors (Lipinski definition) is 3. The number of anilines is 2. The second-order valence-corrected chi connectivity index (χ2v) is 8.08. The molecule has 1 fully saturated rings. The van der Waals surface area contributed by atoms with Gasteiger partial charge in [-0.1, -0.05) is 42.0 Å². The van der Waals surface area contributed by atoms with Crippen LogP contribution >= 0.6 is 0 Å². The average molecular weight is 445 g/mol. The summed E-state index contributed by atoms with van der Waals surface area (Å²) in [7, 11) is 0. The third-order valence-electron chi connectivity index (χ3n) is 5.64. The van der Waals surface area contributed by atoms with Gasteiger partial charge in [-0.2, -0.15) is 0 Å². The van der Waals surface area contributed by atoms with E-state index in [0.29, 0.717) is 11.3 Å². The van der Waals surface area contributed by atoms with Crippen molar-refractivity contribution in [2.45, 2.75) is 19.9 Å². The smallest absolute Gasteiger partial charge is 0.253 e. The van der Waals surface area contributed by atoms with Crippen LogP contribution in [0.2, 0.25) is 0 Å². The Kier molecular flexibility index (Phi) is 6.49. The van der Waals surface area contributed by atoms with Crippen LogP contribution in [0.15, 0.2) is 72.8 Å². The molecule has 1 aliphatic heterocycles. The van der Waals surface area contributed by atoms with E-state index in [4.69, 9.17) is 0 Å². The molecule has 2 N–H and O–H groups in total. The highest BCUT2D eigenvalue weighted by atomic mass is 19.1. The quantitative estimate of drug-likeness (QED) is 0.601. The highest BCUT2D eigenvalue weighted by Gasteiger charge is 2.35. The number of halogens is 1. The molecular formula is C26H24FN3O3. The summed E-state index contributed by atoms with van der Waals surface area (Å²) >= 11 is 0. The Balaban J connectivity index is 1.41. The van der Waals surface area contributed by atoms with Gasteiger partial charge in [0.25, 0.3) is 5.91 Å². The molecule has 1 saturated heterocycles. The molecule has 3 aromatic rings. The Labute approximate surface area is 191 Å². The maximum absolute atomic E-state index is 13.1. The zero-order valence-electron chi connectivity index (χ0n) is 18.2. The molecule has 33 heavy (non-hydrogen) atoms. The van der Waals surface area contributed by atoms with Crippen LogP contribution in [-0.4, -0.2) is 24.3 Å². The number of aryl methyl sites for hydroxylation is 1. The molecular weight excluding hydrogens is 421 g/mol. The molecule has 0 aliphatic carbocycles. The normalized spacial score (nSPS) is 15.4. The lowest BCUT2D eigenvalue weighted by atomic mass is 10.1. The van der Waals surface area contributed by atoms with Gasteiger partial charge in [0.1, 0.15) is 5.82 Å². The van der Waals surface area contributed by atoms with Crippen LogP contribution in [0.3, 0.4) is 0 Å². The minimum atomic E-state index is -0.519. The van der Waals surface area contributed by atoms with Crippen molar-refractivity contribution in [1.29, 1.82) is 0 Å². The summed E-state index contributed by atoms with van der Waals surface area (Å²) in [4.78, 5) is 39.8. The van der Waals surface area contributed by atoms with E-state index in [1.54, 1.807) is 41.3 Å². The number of benzene rings is 3. The third kappa shape index (κ3) is 5.26. The van der Waals surface area contributed by atoms with Crippen LogP contribution < -0.4 is 15.5 Å². The number of para-hydroxylation sites is 1. The number of rotatable bonds is 6. The van der Waals surface area contributed by atoms with Gasteiger partial charge in [-0.3, -0.25) is 14.4 Å². The molecule has 3 amide bonds. The van der Waals surface area contributed by atoms with Crippen LogP contribution in [-0.2, 0) is 16.1 Å². The second kappa shape index (κ2) is 9.65. The number of carbonyl (C=O) groups is 3. The van der Waals surface area contributed by atoms with Crippen molar-refractivity contribution in [2.75, 3.05) is 16.8 Å². The highest BCUT2D eigenvalue weighted by molar-refractivity contribution is 6.07. The molecule has 7 heteroatoms. The first-order chi connectivity index (χ1) is 15.9. The molecule has 0 saturated carbocycles. The van der Waals surface area contributed by atoms with Gasteiger partial charge >= 0.3 is 0 Å². The van der Waals surface area contributed by atoms with E-state index >= 15 is 0 Å². The van der Waals surface area contributed by atoms with Crippen molar-refractivity contribution in [1.82, 2.24) is 5.32 Å². The lowest BCUT2D eigenvalue weighted by molar-refractivity contribution is -0.122. The SMILES string of the molecule is Cc1ccc(N2C[C@H](C(=O)Nc3ccccc3C(=O)NCc3ccc(F)cc3)CC2=O)cc1. The van der Waals surface area contributed by atoms with Crippen LogP contribution in [0, 0.1) is 18.7 Å². The summed E-state index contributed by atoms with van der Waals surface area (Å²) in [5.41, 5.74) is 3.30. The second-order valence-electron chi connectivity index (χ2n) is 8.08. The third-order valence-corrected chi connectivity index (χ3v) is 5.64. The Morgan fingerprint density at radius 1 is 1.00 bits per heavy atom. The Morgan fingerprint density at radius 3 is 2.42 bits per heavy atom. The summed E-state index contributed by atoms with van der Waals surface area (Å²) in [5.74, 6) is -1.64. The van der Waals surface area contributed by atoms with Gasteiger partial charge in [0.2, 0.25) is 11.8 Å². The predicted octanol–water partition coefficient (Wildman–Crippen LogP) is 4.06. The molecule has 168 valence electrons. The van der Waals surface area contributed by atoms with Gasteiger partial charge in [-0.15, -0.1) is 0 Å². The van der Waals surface area contributed by atoms with Gasteiger partial charge in [-0.05, 0) is 48.9 Å². The van der Waals surface area contributed by atoms with E-state index in [-0.39, 0.29) is 43.0 Å². The molecule has 0 bridgehead atoms. The van der Waals surface area contributed by atoms with Gasteiger partial charge in [0.05, 0.1) is 17.2 Å². The lowest BCUT2D eigenvalue weighted by Crippen LogP contribution is -2.29. The van der Waals surface area contributed by atoms with E-state index in [2.05, 4.69) is 10.6 Å². The summed E-state index contributed by atoms with van der Waals surface area (Å²) in [6.45, 7) is 2.48. The first kappa shape index (κ1) is 22.2. The summed E-state index contributed by atoms with van der Waals surface area (Å²) < 4.78 is 13.1. The topological polar surface area (TPSA) is 78.5 Å². The molecule has 1 aliphatic rings. The van der Waals surface area contributed by atoms with E-state index in [0.717, 1.165) is 16.8 Å². The number of carbonyl (C=O) groups excluding carboxylic acids is 3. The average Bonchev–Trinajstić information content (AvgIpc) is 3.21. The molecule has 3 aromatic carbocycles. The van der Waals surface area contributed by atoms with E-state index in [9.17, 15) is 18.8 Å². The number of nitrogens with one attached hydrogen (secondary N) is 2. The summed E-state index contributed by atoms with van der Waals surface area (Å²) in [6, 6.07) is 20.2. The van der Waals surface area contributed by atoms with Gasteiger partial charge in [0, 0.05) is 25.2 Å². The fourth-order valence-corrected chi connectivity index (χ4v) is 3.76. The van der Waals surface area contributed by atoms with E-state index in [1.807, 2.05) is 31.2 Å². The first-order valence-electron chi connectivity index (χ1n) is 10.7. The van der Waals surface area contributed by atoms with E-state index < -0.39 is 5.92 Å². The monoisotopic (exact) mass is 445 g/mol. The maximum atomic E-state index is 13.1. The summed E-state index contributed by atoms with van der Waals surface area (Å²) in [5, 5.41) is 5.60. The number of nitrogens with zero attached hydrogens (tertiary/aromatic N) is 1. The number of amides is 3. The zero-order chi connectivity index (χ0) is 23.4. The van der Waals surface area contributed by atoms with Gasteiger partial charge in [0.15, 0.2) is 0 Å². The lowest BCUT2D eigenvalue weighted by Gasteiger charge is -2.17. The molecule has 0 spiro atoms. The zero-order valence-corrected chi connectivity index (χ0v) is 18.2. The van der Waals surface area contributed by atoms with Crippen molar-refractivity contribution in [3.8, 4) is 0 Å². The molecule has 6 nitrogen and oxygen atoms in total. The fraction of sp³-hybridized carbons (Fsp3) is 0.192.